The predicted octanol–water partition coefficient (Wildman–Crippen LogP) is 4.18. The molecule has 0 bridgehead atoms. The topological polar surface area (TPSA) is 62.2 Å². The molecule has 0 atom stereocenters. The summed E-state index contributed by atoms with van der Waals surface area (Å²) in [6, 6.07) is 0.495. The smallest absolute Gasteiger partial charge is 0.337 e. The van der Waals surface area contributed by atoms with Crippen LogP contribution in [0, 0.1) is 0 Å². The summed E-state index contributed by atoms with van der Waals surface area (Å²) in [5, 5.41) is 13.0. The van der Waals surface area contributed by atoms with E-state index >= 15 is 0 Å². The number of carbonyl (C=O) groups is 1. The maximum Gasteiger partial charge on any atom is 0.337 e. The van der Waals surface area contributed by atoms with E-state index in [1.165, 1.54) is 44.9 Å². The van der Waals surface area contributed by atoms with Gasteiger partial charge in [-0.1, -0.05) is 32.1 Å². The molecule has 0 aliphatic heterocycles. The molecule has 0 unspecified atom stereocenters. The zero-order chi connectivity index (χ0) is 15.4. The molecule has 0 saturated heterocycles. The Kier molecular flexibility index (Phi) is 4.96. The van der Waals surface area contributed by atoms with Crippen LogP contribution in [-0.4, -0.2) is 22.1 Å². The quantitative estimate of drug-likeness (QED) is 0.879. The van der Waals surface area contributed by atoms with Gasteiger partial charge in [0.05, 0.1) is 5.56 Å². The van der Waals surface area contributed by atoms with Crippen molar-refractivity contribution in [3.05, 3.63) is 22.9 Å². The van der Waals surface area contributed by atoms with Crippen LogP contribution in [-0.2, 0) is 12.8 Å². The zero-order valence-electron chi connectivity index (χ0n) is 13.2. The lowest BCUT2D eigenvalue weighted by Crippen LogP contribution is -2.24. The van der Waals surface area contributed by atoms with Crippen LogP contribution in [0.25, 0.3) is 0 Å². The lowest BCUT2D eigenvalue weighted by atomic mass is 9.89. The van der Waals surface area contributed by atoms with Crippen LogP contribution in [0.4, 0.5) is 5.82 Å². The van der Waals surface area contributed by atoms with Gasteiger partial charge in [0.2, 0.25) is 0 Å². The van der Waals surface area contributed by atoms with Crippen LogP contribution < -0.4 is 5.32 Å². The Morgan fingerprint density at radius 2 is 1.64 bits per heavy atom. The summed E-state index contributed by atoms with van der Waals surface area (Å²) in [6.45, 7) is 0. The van der Waals surface area contributed by atoms with E-state index in [0.29, 0.717) is 11.6 Å². The van der Waals surface area contributed by atoms with Gasteiger partial charge in [-0.15, -0.1) is 0 Å². The minimum atomic E-state index is -0.844. The number of pyridine rings is 1. The van der Waals surface area contributed by atoms with Crippen molar-refractivity contribution >= 4 is 11.8 Å². The summed E-state index contributed by atoms with van der Waals surface area (Å²) in [7, 11) is 0. The van der Waals surface area contributed by atoms with Gasteiger partial charge in [-0.05, 0) is 49.7 Å². The average Bonchev–Trinajstić information content (AvgIpc) is 2.49. The predicted molar refractivity (Wildman–Crippen MR) is 87.6 cm³/mol. The van der Waals surface area contributed by atoms with Crippen molar-refractivity contribution in [2.45, 2.75) is 76.7 Å². The van der Waals surface area contributed by atoms with Crippen molar-refractivity contribution in [3.63, 3.8) is 0 Å². The number of fused-ring (bicyclic) bond motifs is 1. The Hall–Kier alpha value is -1.58. The molecular weight excluding hydrogens is 276 g/mol. The van der Waals surface area contributed by atoms with Gasteiger partial charge in [-0.25, -0.2) is 9.78 Å². The van der Waals surface area contributed by atoms with Gasteiger partial charge in [-0.2, -0.15) is 0 Å². The van der Waals surface area contributed by atoms with E-state index in [1.54, 1.807) is 6.20 Å². The number of nitrogens with zero attached hydrogens (tertiary/aromatic N) is 1. The van der Waals surface area contributed by atoms with Gasteiger partial charge in [0, 0.05) is 12.2 Å². The molecular formula is C18H26N2O2. The number of anilines is 1. The molecule has 1 fully saturated rings. The van der Waals surface area contributed by atoms with Crippen LogP contribution in [0.1, 0.15) is 79.3 Å². The first-order valence-electron chi connectivity index (χ1n) is 8.76. The van der Waals surface area contributed by atoms with Gasteiger partial charge in [0.25, 0.3) is 0 Å². The van der Waals surface area contributed by atoms with Crippen molar-refractivity contribution in [1.29, 1.82) is 0 Å². The number of aromatic carboxylic acids is 1. The fourth-order valence-corrected chi connectivity index (χ4v) is 3.85. The fraction of sp³-hybridized carbons (Fsp3) is 0.667. The van der Waals surface area contributed by atoms with Crippen molar-refractivity contribution in [2.75, 3.05) is 5.32 Å². The molecule has 0 amide bonds. The molecule has 4 nitrogen and oxygen atoms in total. The summed E-state index contributed by atoms with van der Waals surface area (Å²) in [5.41, 5.74) is 2.58. The second kappa shape index (κ2) is 7.12. The Morgan fingerprint density at radius 3 is 2.32 bits per heavy atom. The molecule has 1 aromatic rings. The van der Waals surface area contributed by atoms with E-state index in [1.807, 2.05) is 0 Å². The minimum Gasteiger partial charge on any atom is -0.478 e. The normalized spacial score (nSPS) is 19.8. The molecule has 1 aromatic heterocycles. The Labute approximate surface area is 132 Å². The van der Waals surface area contributed by atoms with E-state index in [-0.39, 0.29) is 0 Å². The molecule has 120 valence electrons. The van der Waals surface area contributed by atoms with E-state index in [4.69, 9.17) is 0 Å². The van der Waals surface area contributed by atoms with Gasteiger partial charge < -0.3 is 10.4 Å². The van der Waals surface area contributed by atoms with E-state index in [0.717, 1.165) is 42.6 Å². The molecule has 0 spiro atoms. The summed E-state index contributed by atoms with van der Waals surface area (Å²) in [6.07, 6.45) is 14.6. The third kappa shape index (κ3) is 3.42. The molecule has 2 aliphatic carbocycles. The highest BCUT2D eigenvalue weighted by molar-refractivity contribution is 5.90. The molecule has 1 saturated carbocycles. The lowest BCUT2D eigenvalue weighted by molar-refractivity contribution is 0.0695. The molecule has 2 N–H and O–H groups in total. The van der Waals surface area contributed by atoms with Gasteiger partial charge in [0.1, 0.15) is 5.82 Å². The first-order valence-corrected chi connectivity index (χ1v) is 8.76. The second-order valence-corrected chi connectivity index (χ2v) is 6.68. The maximum absolute atomic E-state index is 11.4. The van der Waals surface area contributed by atoms with Crippen LogP contribution in [0.5, 0.6) is 0 Å². The first-order chi connectivity index (χ1) is 10.8. The number of hydrogen-bond donors (Lipinski definition) is 2. The molecule has 22 heavy (non-hydrogen) atoms. The number of rotatable bonds is 3. The van der Waals surface area contributed by atoms with E-state index < -0.39 is 5.97 Å². The van der Waals surface area contributed by atoms with Crippen molar-refractivity contribution in [3.8, 4) is 0 Å². The van der Waals surface area contributed by atoms with Crippen LogP contribution in [0.15, 0.2) is 6.20 Å². The van der Waals surface area contributed by atoms with Crippen molar-refractivity contribution in [2.24, 2.45) is 0 Å². The Balaban J connectivity index is 1.82. The van der Waals surface area contributed by atoms with Crippen LogP contribution in [0.3, 0.4) is 0 Å². The molecule has 3 rings (SSSR count). The fourth-order valence-electron chi connectivity index (χ4n) is 3.85. The monoisotopic (exact) mass is 302 g/mol. The van der Waals surface area contributed by atoms with E-state index in [2.05, 4.69) is 10.3 Å². The Morgan fingerprint density at radius 1 is 1.00 bits per heavy atom. The molecule has 0 radical (unpaired) electrons. The summed E-state index contributed by atoms with van der Waals surface area (Å²) >= 11 is 0. The van der Waals surface area contributed by atoms with Crippen LogP contribution in [0.2, 0.25) is 0 Å². The summed E-state index contributed by atoms with van der Waals surface area (Å²) < 4.78 is 0. The third-order valence-corrected chi connectivity index (χ3v) is 5.08. The molecule has 0 aromatic carbocycles. The second-order valence-electron chi connectivity index (χ2n) is 6.68. The highest BCUT2D eigenvalue weighted by atomic mass is 16.4. The third-order valence-electron chi connectivity index (χ3n) is 5.08. The lowest BCUT2D eigenvalue weighted by Gasteiger charge is -2.26. The van der Waals surface area contributed by atoms with Gasteiger partial charge in [-0.3, -0.25) is 0 Å². The minimum absolute atomic E-state index is 0.401. The molecule has 4 heteroatoms. The number of hydrogen-bond acceptors (Lipinski definition) is 3. The van der Waals surface area contributed by atoms with Crippen molar-refractivity contribution in [1.82, 2.24) is 4.98 Å². The highest BCUT2D eigenvalue weighted by Crippen LogP contribution is 2.30. The molecule has 2 aliphatic rings. The SMILES string of the molecule is O=C(O)c1cnc(NC2CCCCCCC2)c2c1CCCC2. The standard InChI is InChI=1S/C18H26N2O2/c21-18(22)16-12-19-17(15-11-7-6-10-14(15)16)20-13-8-4-2-1-3-5-9-13/h12-13H,1-11H2,(H,19,20)(H,21,22). The summed E-state index contributed by atoms with van der Waals surface area (Å²) in [4.78, 5) is 15.9. The number of nitrogens with one attached hydrogen (secondary N) is 1. The number of aromatic nitrogens is 1. The van der Waals surface area contributed by atoms with Crippen molar-refractivity contribution < 1.29 is 9.90 Å². The zero-order valence-corrected chi connectivity index (χ0v) is 13.2. The molecule has 1 heterocycles. The number of carboxylic acids is 1. The largest absolute Gasteiger partial charge is 0.478 e. The average molecular weight is 302 g/mol. The van der Waals surface area contributed by atoms with Gasteiger partial charge in [0.15, 0.2) is 0 Å². The first kappa shape index (κ1) is 15.3. The summed E-state index contributed by atoms with van der Waals surface area (Å²) in [5.74, 6) is 0.105. The highest BCUT2D eigenvalue weighted by Gasteiger charge is 2.22. The van der Waals surface area contributed by atoms with Gasteiger partial charge >= 0.3 is 5.97 Å². The Bertz CT molecular complexity index is 534. The van der Waals surface area contributed by atoms with E-state index in [9.17, 15) is 9.90 Å². The number of carboxylic acid groups (broad SMARTS) is 1. The maximum atomic E-state index is 11.4. The van der Waals surface area contributed by atoms with Crippen LogP contribution >= 0.6 is 0 Å².